The quantitative estimate of drug-likeness (QED) is 0.720. The van der Waals surface area contributed by atoms with Crippen LogP contribution in [0.2, 0.25) is 0 Å². The van der Waals surface area contributed by atoms with E-state index < -0.39 is 0 Å². The molecule has 0 bridgehead atoms. The second kappa shape index (κ2) is 4.75. The lowest BCUT2D eigenvalue weighted by Gasteiger charge is -2.29. The second-order valence-corrected chi connectivity index (χ2v) is 4.60. The van der Waals surface area contributed by atoms with Gasteiger partial charge in [-0.3, -0.25) is 0 Å². The highest BCUT2D eigenvalue weighted by molar-refractivity contribution is 5.17. The molecule has 0 spiro atoms. The van der Waals surface area contributed by atoms with Crippen molar-refractivity contribution in [2.75, 3.05) is 20.1 Å². The summed E-state index contributed by atoms with van der Waals surface area (Å²) in [6, 6.07) is 7.00. The Bertz CT molecular complexity index is 324. The molecule has 1 aliphatic heterocycles. The van der Waals surface area contributed by atoms with E-state index in [2.05, 4.69) is 11.9 Å². The summed E-state index contributed by atoms with van der Waals surface area (Å²) >= 11 is 0. The maximum absolute atomic E-state index is 13.0. The van der Waals surface area contributed by atoms with Gasteiger partial charge >= 0.3 is 0 Å². The lowest BCUT2D eigenvalue weighted by Crippen LogP contribution is -2.32. The van der Waals surface area contributed by atoms with E-state index in [-0.39, 0.29) is 5.82 Å². The van der Waals surface area contributed by atoms with Crippen LogP contribution in [-0.4, -0.2) is 25.0 Å². The van der Waals surface area contributed by atoms with Crippen molar-refractivity contribution >= 4 is 0 Å². The van der Waals surface area contributed by atoms with Crippen LogP contribution >= 0.6 is 0 Å². The van der Waals surface area contributed by atoms with E-state index in [4.69, 9.17) is 0 Å². The maximum Gasteiger partial charge on any atom is 0.123 e. The van der Waals surface area contributed by atoms with Crippen molar-refractivity contribution in [3.05, 3.63) is 35.6 Å². The van der Waals surface area contributed by atoms with Crippen LogP contribution in [-0.2, 0) is 6.42 Å². The summed E-state index contributed by atoms with van der Waals surface area (Å²) in [6.07, 6.45) is 3.57. The van der Waals surface area contributed by atoms with Crippen molar-refractivity contribution in [1.29, 1.82) is 0 Å². The number of nitrogens with zero attached hydrogens (tertiary/aromatic N) is 1. The van der Waals surface area contributed by atoms with Gasteiger partial charge in [-0.25, -0.2) is 4.39 Å². The summed E-state index contributed by atoms with van der Waals surface area (Å²) < 4.78 is 13.0. The molecule has 1 aliphatic rings. The number of hydrogen-bond donors (Lipinski definition) is 0. The lowest BCUT2D eigenvalue weighted by atomic mass is 9.91. The molecule has 1 aromatic rings. The molecule has 1 fully saturated rings. The molecule has 1 aromatic carbocycles. The number of hydrogen-bond acceptors (Lipinski definition) is 1. The minimum Gasteiger partial charge on any atom is -0.306 e. The summed E-state index contributed by atoms with van der Waals surface area (Å²) in [5, 5.41) is 0. The first-order valence-corrected chi connectivity index (χ1v) is 5.67. The zero-order valence-corrected chi connectivity index (χ0v) is 9.25. The fraction of sp³-hybridized carbons (Fsp3) is 0.538. The van der Waals surface area contributed by atoms with E-state index in [1.54, 1.807) is 12.1 Å². The number of halogens is 1. The molecule has 2 heteroatoms. The number of benzene rings is 1. The molecule has 0 unspecified atom stereocenters. The van der Waals surface area contributed by atoms with Gasteiger partial charge in [0.2, 0.25) is 0 Å². The van der Waals surface area contributed by atoms with Crippen molar-refractivity contribution < 1.29 is 4.39 Å². The Labute approximate surface area is 90.9 Å². The van der Waals surface area contributed by atoms with Crippen molar-refractivity contribution in [3.63, 3.8) is 0 Å². The summed E-state index contributed by atoms with van der Waals surface area (Å²) in [5.74, 6) is 0.585. The van der Waals surface area contributed by atoms with Gasteiger partial charge in [0.1, 0.15) is 5.82 Å². The van der Waals surface area contributed by atoms with Crippen LogP contribution in [0.25, 0.3) is 0 Å². The van der Waals surface area contributed by atoms with E-state index >= 15 is 0 Å². The molecular formula is C13H18FN. The molecular weight excluding hydrogens is 189 g/mol. The average Bonchev–Trinajstić information content (AvgIpc) is 2.17. The van der Waals surface area contributed by atoms with E-state index in [0.717, 1.165) is 18.5 Å². The van der Waals surface area contributed by atoms with Crippen LogP contribution in [0.15, 0.2) is 24.3 Å². The Kier molecular flexibility index (Phi) is 3.37. The van der Waals surface area contributed by atoms with Gasteiger partial charge in [0.25, 0.3) is 0 Å². The van der Waals surface area contributed by atoms with Crippen molar-refractivity contribution in [2.24, 2.45) is 5.92 Å². The number of rotatable bonds is 2. The third-order valence-corrected chi connectivity index (χ3v) is 3.14. The molecule has 82 valence electrons. The average molecular weight is 207 g/mol. The van der Waals surface area contributed by atoms with Gasteiger partial charge in [-0.2, -0.15) is 0 Å². The van der Waals surface area contributed by atoms with Crippen LogP contribution in [0.1, 0.15) is 18.4 Å². The van der Waals surface area contributed by atoms with Crippen LogP contribution < -0.4 is 0 Å². The highest BCUT2D eigenvalue weighted by Gasteiger charge is 2.17. The van der Waals surface area contributed by atoms with E-state index in [0.29, 0.717) is 5.92 Å². The van der Waals surface area contributed by atoms with Gasteiger partial charge in [-0.15, -0.1) is 0 Å². The molecule has 1 heterocycles. The predicted molar refractivity (Wildman–Crippen MR) is 60.3 cm³/mol. The minimum absolute atomic E-state index is 0.114. The first-order chi connectivity index (χ1) is 7.24. The molecule has 2 rings (SSSR count). The van der Waals surface area contributed by atoms with Crippen LogP contribution in [0, 0.1) is 11.7 Å². The summed E-state index contributed by atoms with van der Waals surface area (Å²) in [7, 11) is 2.16. The number of likely N-dealkylation sites (tertiary alicyclic amines) is 1. The Morgan fingerprint density at radius 3 is 3.07 bits per heavy atom. The Balaban J connectivity index is 1.96. The standard InChI is InChI=1S/C13H18FN/c1-15-7-3-5-12(10-15)8-11-4-2-6-13(14)9-11/h2,4,6,9,12H,3,5,7-8,10H2,1H3/t12-/m0/s1. The molecule has 1 nitrogen and oxygen atoms in total. The van der Waals surface area contributed by atoms with Gasteiger partial charge in [-0.1, -0.05) is 12.1 Å². The van der Waals surface area contributed by atoms with Gasteiger partial charge in [0.05, 0.1) is 0 Å². The van der Waals surface area contributed by atoms with Crippen molar-refractivity contribution in [1.82, 2.24) is 4.90 Å². The molecule has 0 N–H and O–H groups in total. The van der Waals surface area contributed by atoms with E-state index in [9.17, 15) is 4.39 Å². The zero-order chi connectivity index (χ0) is 10.7. The monoisotopic (exact) mass is 207 g/mol. The summed E-state index contributed by atoms with van der Waals surface area (Å²) in [6.45, 7) is 2.36. The van der Waals surface area contributed by atoms with Gasteiger partial charge in [0, 0.05) is 6.54 Å². The van der Waals surface area contributed by atoms with Crippen LogP contribution in [0.5, 0.6) is 0 Å². The Hall–Kier alpha value is -0.890. The SMILES string of the molecule is CN1CCC[C@@H](Cc2cccc(F)c2)C1. The van der Waals surface area contributed by atoms with Crippen molar-refractivity contribution in [3.8, 4) is 0 Å². The van der Waals surface area contributed by atoms with Crippen molar-refractivity contribution in [2.45, 2.75) is 19.3 Å². The third-order valence-electron chi connectivity index (χ3n) is 3.14. The smallest absolute Gasteiger partial charge is 0.123 e. The third kappa shape index (κ3) is 3.03. The molecule has 1 atom stereocenters. The fourth-order valence-corrected chi connectivity index (χ4v) is 2.44. The Morgan fingerprint density at radius 1 is 1.47 bits per heavy atom. The maximum atomic E-state index is 13.0. The van der Waals surface area contributed by atoms with E-state index in [1.807, 2.05) is 6.07 Å². The fourth-order valence-electron chi connectivity index (χ4n) is 2.44. The minimum atomic E-state index is -0.114. The van der Waals surface area contributed by atoms with Crippen LogP contribution in [0.4, 0.5) is 4.39 Å². The first-order valence-electron chi connectivity index (χ1n) is 5.67. The molecule has 0 amide bonds. The molecule has 0 saturated carbocycles. The molecule has 15 heavy (non-hydrogen) atoms. The lowest BCUT2D eigenvalue weighted by molar-refractivity contribution is 0.209. The van der Waals surface area contributed by atoms with Crippen LogP contribution in [0.3, 0.4) is 0 Å². The topological polar surface area (TPSA) is 3.24 Å². The summed E-state index contributed by atoms with van der Waals surface area (Å²) in [4.78, 5) is 2.37. The summed E-state index contributed by atoms with van der Waals surface area (Å²) in [5.41, 5.74) is 1.13. The molecule has 1 saturated heterocycles. The van der Waals surface area contributed by atoms with E-state index in [1.165, 1.54) is 25.5 Å². The second-order valence-electron chi connectivity index (χ2n) is 4.60. The van der Waals surface area contributed by atoms with Gasteiger partial charge < -0.3 is 4.90 Å². The molecule has 0 aromatic heterocycles. The highest BCUT2D eigenvalue weighted by atomic mass is 19.1. The number of piperidine rings is 1. The zero-order valence-electron chi connectivity index (χ0n) is 9.25. The first kappa shape index (κ1) is 10.6. The molecule has 0 aliphatic carbocycles. The largest absolute Gasteiger partial charge is 0.306 e. The molecule has 0 radical (unpaired) electrons. The van der Waals surface area contributed by atoms with Gasteiger partial charge in [0.15, 0.2) is 0 Å². The Morgan fingerprint density at radius 2 is 2.33 bits per heavy atom. The highest BCUT2D eigenvalue weighted by Crippen LogP contribution is 2.20. The van der Waals surface area contributed by atoms with Gasteiger partial charge in [-0.05, 0) is 56.5 Å². The normalized spacial score (nSPS) is 22.9. The predicted octanol–water partition coefficient (Wildman–Crippen LogP) is 2.71.